The minimum Gasteiger partial charge on any atom is -0.493 e. The van der Waals surface area contributed by atoms with E-state index in [2.05, 4.69) is 0 Å². The number of methoxy groups -OCH3 is 2. The molecule has 0 radical (unpaired) electrons. The summed E-state index contributed by atoms with van der Waals surface area (Å²) >= 11 is 0. The van der Waals surface area contributed by atoms with Crippen molar-refractivity contribution in [1.82, 2.24) is 4.31 Å². The van der Waals surface area contributed by atoms with Crippen LogP contribution in [0.1, 0.15) is 32.1 Å². The first-order valence-electron chi connectivity index (χ1n) is 9.72. The lowest BCUT2D eigenvalue weighted by Gasteiger charge is -2.44. The van der Waals surface area contributed by atoms with Crippen molar-refractivity contribution in [3.05, 3.63) is 18.2 Å². The Morgan fingerprint density at radius 1 is 1.07 bits per heavy atom. The molecule has 0 unspecified atom stereocenters. The van der Waals surface area contributed by atoms with Gasteiger partial charge in [0.05, 0.1) is 32.2 Å². The molecule has 1 aromatic carbocycles. The van der Waals surface area contributed by atoms with E-state index in [1.54, 1.807) is 6.07 Å². The zero-order valence-corrected chi connectivity index (χ0v) is 17.4. The predicted molar refractivity (Wildman–Crippen MR) is 104 cm³/mol. The molecule has 0 bridgehead atoms. The Balaban J connectivity index is 1.80. The largest absolute Gasteiger partial charge is 0.493 e. The summed E-state index contributed by atoms with van der Waals surface area (Å²) < 4.78 is 38.1. The molecule has 2 fully saturated rings. The Morgan fingerprint density at radius 3 is 2.21 bits per heavy atom. The molecule has 28 heavy (non-hydrogen) atoms. The second kappa shape index (κ2) is 8.26. The molecule has 2 heterocycles. The highest BCUT2D eigenvalue weighted by Crippen LogP contribution is 2.32. The van der Waals surface area contributed by atoms with Gasteiger partial charge in [0.1, 0.15) is 0 Å². The molecule has 8 nitrogen and oxygen atoms in total. The average Bonchev–Trinajstić information content (AvgIpc) is 2.73. The summed E-state index contributed by atoms with van der Waals surface area (Å²) in [6.45, 7) is 2.41. The van der Waals surface area contributed by atoms with Crippen molar-refractivity contribution in [2.45, 2.75) is 42.5 Å². The van der Waals surface area contributed by atoms with Gasteiger partial charge in [-0.05, 0) is 31.4 Å². The monoisotopic (exact) mass is 412 g/mol. The van der Waals surface area contributed by atoms with Gasteiger partial charge in [-0.2, -0.15) is 4.31 Å². The quantitative estimate of drug-likeness (QED) is 0.673. The summed E-state index contributed by atoms with van der Waals surface area (Å²) in [6, 6.07) is 4.57. The minimum atomic E-state index is -3.69. The first-order chi connectivity index (χ1) is 13.3. The summed E-state index contributed by atoms with van der Waals surface area (Å²) in [5, 5.41) is 0. The highest BCUT2D eigenvalue weighted by molar-refractivity contribution is 7.89. The van der Waals surface area contributed by atoms with E-state index in [0.717, 1.165) is 25.9 Å². The van der Waals surface area contributed by atoms with E-state index in [-0.39, 0.29) is 23.9 Å². The molecule has 0 spiro atoms. The summed E-state index contributed by atoms with van der Waals surface area (Å²) in [5.74, 6) is 0.527. The van der Waals surface area contributed by atoms with Crippen molar-refractivity contribution in [2.75, 3.05) is 40.4 Å². The number of ether oxygens (including phenoxy) is 2. The van der Waals surface area contributed by atoms with E-state index in [1.165, 1.54) is 42.0 Å². The van der Waals surface area contributed by atoms with E-state index in [0.29, 0.717) is 24.3 Å². The third-order valence-electron chi connectivity index (χ3n) is 6.17. The van der Waals surface area contributed by atoms with Crippen LogP contribution < -0.4 is 20.1 Å². The van der Waals surface area contributed by atoms with Gasteiger partial charge in [-0.3, -0.25) is 4.79 Å². The number of rotatable bonds is 6. The maximum Gasteiger partial charge on any atom is 0.278 e. The fourth-order valence-electron chi connectivity index (χ4n) is 4.47. The number of nitrogens with one attached hydrogen (secondary N) is 1. The van der Waals surface area contributed by atoms with Gasteiger partial charge < -0.3 is 20.1 Å². The number of carbonyl (C=O) groups excluding carboxylic acids is 1. The van der Waals surface area contributed by atoms with Crippen LogP contribution in [-0.2, 0) is 14.8 Å². The Hall–Kier alpha value is -1.84. The van der Waals surface area contributed by atoms with Crippen LogP contribution >= 0.6 is 0 Å². The topological polar surface area (TPSA) is 103 Å². The molecule has 0 aromatic heterocycles. The molecule has 2 aliphatic heterocycles. The average molecular weight is 413 g/mol. The number of nitrogens with two attached hydrogens (primary N) is 1. The van der Waals surface area contributed by atoms with Gasteiger partial charge in [0.2, 0.25) is 10.0 Å². The van der Waals surface area contributed by atoms with E-state index >= 15 is 0 Å². The molecule has 2 saturated heterocycles. The number of amides is 1. The zero-order chi connectivity index (χ0) is 20.4. The predicted octanol–water partition coefficient (Wildman–Crippen LogP) is -0.219. The zero-order valence-electron chi connectivity index (χ0n) is 16.6. The number of hydrogen-bond acceptors (Lipinski definition) is 5. The van der Waals surface area contributed by atoms with Gasteiger partial charge in [-0.15, -0.1) is 0 Å². The van der Waals surface area contributed by atoms with Crippen LogP contribution in [0, 0.1) is 0 Å². The van der Waals surface area contributed by atoms with Gasteiger partial charge in [-0.1, -0.05) is 0 Å². The molecule has 1 aromatic rings. The Morgan fingerprint density at radius 2 is 1.68 bits per heavy atom. The van der Waals surface area contributed by atoms with Gasteiger partial charge in [-0.25, -0.2) is 8.42 Å². The highest BCUT2D eigenvalue weighted by Gasteiger charge is 2.50. The van der Waals surface area contributed by atoms with Crippen LogP contribution in [0.4, 0.5) is 0 Å². The van der Waals surface area contributed by atoms with Crippen molar-refractivity contribution in [3.8, 4) is 11.5 Å². The number of quaternary nitrogens is 1. The van der Waals surface area contributed by atoms with Crippen LogP contribution in [0.25, 0.3) is 0 Å². The fourth-order valence-corrected chi connectivity index (χ4v) is 5.92. The Labute approximate surface area is 166 Å². The SMILES string of the molecule is COc1ccc(S(=O)(=O)N2CCC(C(N)=O)([NH+]3CCCCC3)CC2)cc1OC. The maximum atomic E-state index is 13.1. The molecular weight excluding hydrogens is 382 g/mol. The number of sulfonamides is 1. The second-order valence-electron chi connectivity index (χ2n) is 7.53. The lowest BCUT2D eigenvalue weighted by Crippen LogP contribution is -3.22. The van der Waals surface area contributed by atoms with Crippen molar-refractivity contribution >= 4 is 15.9 Å². The second-order valence-corrected chi connectivity index (χ2v) is 9.47. The molecule has 0 saturated carbocycles. The van der Waals surface area contributed by atoms with Crippen LogP contribution in [0.3, 0.4) is 0 Å². The number of piperidine rings is 2. The number of nitrogens with zero attached hydrogens (tertiary/aromatic N) is 1. The van der Waals surface area contributed by atoms with Crippen LogP contribution in [0.15, 0.2) is 23.1 Å². The Bertz CT molecular complexity index is 813. The summed E-state index contributed by atoms with van der Waals surface area (Å²) in [7, 11) is -0.717. The van der Waals surface area contributed by atoms with Gasteiger partial charge >= 0.3 is 0 Å². The van der Waals surface area contributed by atoms with Crippen molar-refractivity contribution in [3.63, 3.8) is 0 Å². The van der Waals surface area contributed by atoms with E-state index in [4.69, 9.17) is 15.2 Å². The molecule has 3 N–H and O–H groups in total. The summed E-state index contributed by atoms with van der Waals surface area (Å²) in [4.78, 5) is 13.7. The van der Waals surface area contributed by atoms with Gasteiger partial charge in [0.25, 0.3) is 5.91 Å². The molecule has 0 atom stereocenters. The highest BCUT2D eigenvalue weighted by atomic mass is 32.2. The number of benzene rings is 1. The molecule has 2 aliphatic rings. The van der Waals surface area contributed by atoms with E-state index < -0.39 is 15.6 Å². The summed E-state index contributed by atoms with van der Waals surface area (Å²) in [5.41, 5.74) is 5.15. The maximum absolute atomic E-state index is 13.1. The first kappa shape index (κ1) is 20.9. The number of primary amides is 1. The number of likely N-dealkylation sites (tertiary alicyclic amines) is 1. The number of carbonyl (C=O) groups is 1. The van der Waals surface area contributed by atoms with Crippen LogP contribution in [0.2, 0.25) is 0 Å². The standard InChI is InChI=1S/C19H29N3O5S/c1-26-16-7-6-15(14-17(16)27-2)28(24,25)22-12-8-19(9-13-22,18(20)23)21-10-4-3-5-11-21/h6-7,14H,3-5,8-13H2,1-2H3,(H2,20,23)/p+1. The number of hydrogen-bond donors (Lipinski definition) is 2. The lowest BCUT2D eigenvalue weighted by molar-refractivity contribution is -0.948. The van der Waals surface area contributed by atoms with E-state index in [9.17, 15) is 13.2 Å². The lowest BCUT2D eigenvalue weighted by atomic mass is 9.84. The molecule has 3 rings (SSSR count). The molecule has 156 valence electrons. The van der Waals surface area contributed by atoms with Crippen LogP contribution in [-0.4, -0.2) is 64.6 Å². The molecule has 0 aliphatic carbocycles. The van der Waals surface area contributed by atoms with Gasteiger partial charge in [0, 0.05) is 32.0 Å². The molecular formula is C19H30N3O5S+. The first-order valence-corrected chi connectivity index (χ1v) is 11.2. The molecule has 9 heteroatoms. The normalized spacial score (nSPS) is 21.2. The molecule has 1 amide bonds. The van der Waals surface area contributed by atoms with Crippen molar-refractivity contribution in [2.24, 2.45) is 5.73 Å². The smallest absolute Gasteiger partial charge is 0.278 e. The van der Waals surface area contributed by atoms with E-state index in [1.807, 2.05) is 0 Å². The third-order valence-corrected chi connectivity index (χ3v) is 8.07. The minimum absolute atomic E-state index is 0.155. The Kier molecular flexibility index (Phi) is 6.16. The van der Waals surface area contributed by atoms with Crippen LogP contribution in [0.5, 0.6) is 11.5 Å². The van der Waals surface area contributed by atoms with Gasteiger partial charge in [0.15, 0.2) is 17.0 Å². The summed E-state index contributed by atoms with van der Waals surface area (Å²) in [6.07, 6.45) is 4.24. The fraction of sp³-hybridized carbons (Fsp3) is 0.632. The van der Waals surface area contributed by atoms with Crippen molar-refractivity contribution in [1.29, 1.82) is 0 Å². The van der Waals surface area contributed by atoms with Crippen molar-refractivity contribution < 1.29 is 27.6 Å². The third kappa shape index (κ3) is 3.70.